The zero-order chi connectivity index (χ0) is 12.8. The van der Waals surface area contributed by atoms with Crippen LogP contribution in [0.4, 0.5) is 0 Å². The third kappa shape index (κ3) is 6.98. The average molecular weight is 294 g/mol. The van der Waals surface area contributed by atoms with Gasteiger partial charge in [-0.05, 0) is 0 Å². The van der Waals surface area contributed by atoms with Gasteiger partial charge in [0, 0.05) is 0 Å². The summed E-state index contributed by atoms with van der Waals surface area (Å²) < 4.78 is 48.1. The smallest absolute Gasteiger partial charge is 0.412 e. The van der Waals surface area contributed by atoms with Crippen LogP contribution < -0.4 is 0 Å². The van der Waals surface area contributed by atoms with Crippen molar-refractivity contribution in [2.24, 2.45) is 0 Å². The molecule has 0 heterocycles. The monoisotopic (exact) mass is 294 g/mol. The first-order valence-corrected chi connectivity index (χ1v) is 7.61. The van der Waals surface area contributed by atoms with E-state index < -0.39 is 23.9 Å². The standard InChI is InChI=1S/C4H9O9P3/c1-3-10-15(6,7)12-14(5)13-16(8,9)11-4-2/h3-4,14H,1-2H2,(H,6,7)(H,8,9). The fourth-order valence-corrected chi connectivity index (χ4v) is 3.10. The molecule has 0 aromatic rings. The summed E-state index contributed by atoms with van der Waals surface area (Å²) in [6, 6.07) is 0. The second kappa shape index (κ2) is 6.37. The molecule has 0 rings (SSSR count). The molecule has 0 fully saturated rings. The van der Waals surface area contributed by atoms with Gasteiger partial charge < -0.3 is 9.05 Å². The van der Waals surface area contributed by atoms with Crippen LogP contribution in [0.2, 0.25) is 0 Å². The molecule has 0 spiro atoms. The van der Waals surface area contributed by atoms with Gasteiger partial charge in [0.15, 0.2) is 0 Å². The molecule has 0 aliphatic carbocycles. The number of phosphoric acid groups is 2. The van der Waals surface area contributed by atoms with Gasteiger partial charge in [-0.3, -0.25) is 14.4 Å². The highest BCUT2D eigenvalue weighted by atomic mass is 31.3. The summed E-state index contributed by atoms with van der Waals surface area (Å²) in [7, 11) is -13.1. The van der Waals surface area contributed by atoms with Crippen molar-refractivity contribution in [2.45, 2.75) is 0 Å². The van der Waals surface area contributed by atoms with Crippen LogP contribution in [-0.2, 0) is 31.4 Å². The van der Waals surface area contributed by atoms with Gasteiger partial charge in [0.25, 0.3) is 0 Å². The Hall–Kier alpha value is -0.390. The summed E-state index contributed by atoms with van der Waals surface area (Å²) >= 11 is 0. The van der Waals surface area contributed by atoms with E-state index in [1.54, 1.807) is 0 Å². The average Bonchev–Trinajstić information content (AvgIpc) is 1.99. The van der Waals surface area contributed by atoms with Gasteiger partial charge in [-0.25, -0.2) is 9.13 Å². The fourth-order valence-electron chi connectivity index (χ4n) is 0.436. The lowest BCUT2D eigenvalue weighted by Gasteiger charge is -2.11. The Bertz CT molecular complexity index is 341. The molecule has 0 radical (unpaired) electrons. The van der Waals surface area contributed by atoms with E-state index in [1.807, 2.05) is 0 Å². The van der Waals surface area contributed by atoms with E-state index in [0.717, 1.165) is 0 Å². The van der Waals surface area contributed by atoms with Crippen molar-refractivity contribution in [1.29, 1.82) is 0 Å². The Morgan fingerprint density at radius 2 is 1.31 bits per heavy atom. The van der Waals surface area contributed by atoms with E-state index in [0.29, 0.717) is 12.5 Å². The molecule has 16 heavy (non-hydrogen) atoms. The predicted octanol–water partition coefficient (Wildman–Crippen LogP) is 1.93. The molecular formula is C4H9O9P3. The summed E-state index contributed by atoms with van der Waals surface area (Å²) in [6.07, 6.45) is 1.13. The van der Waals surface area contributed by atoms with Gasteiger partial charge >= 0.3 is 23.9 Å². The van der Waals surface area contributed by atoms with E-state index in [1.165, 1.54) is 0 Å². The van der Waals surface area contributed by atoms with Crippen molar-refractivity contribution in [2.75, 3.05) is 0 Å². The van der Waals surface area contributed by atoms with Crippen LogP contribution in [-0.4, -0.2) is 9.79 Å². The quantitative estimate of drug-likeness (QED) is 0.509. The molecule has 0 aliphatic heterocycles. The Morgan fingerprint density at radius 1 is 1.00 bits per heavy atom. The maximum absolute atomic E-state index is 10.9. The maximum Gasteiger partial charge on any atom is 0.534 e. The first kappa shape index (κ1) is 15.6. The Morgan fingerprint density at radius 3 is 1.56 bits per heavy atom. The van der Waals surface area contributed by atoms with Crippen molar-refractivity contribution in [3.05, 3.63) is 25.7 Å². The topological polar surface area (TPSA) is 129 Å². The van der Waals surface area contributed by atoms with E-state index in [2.05, 4.69) is 30.8 Å². The van der Waals surface area contributed by atoms with Gasteiger partial charge in [-0.1, -0.05) is 13.2 Å². The fraction of sp³-hybridized carbons (Fsp3) is 0. The molecule has 2 unspecified atom stereocenters. The molecule has 12 heteroatoms. The van der Waals surface area contributed by atoms with Crippen LogP contribution in [0.3, 0.4) is 0 Å². The zero-order valence-corrected chi connectivity index (χ0v) is 10.5. The van der Waals surface area contributed by atoms with Gasteiger partial charge in [-0.2, -0.15) is 8.62 Å². The van der Waals surface area contributed by atoms with Crippen molar-refractivity contribution < 1.29 is 41.2 Å². The van der Waals surface area contributed by atoms with E-state index in [4.69, 9.17) is 9.79 Å². The number of hydrogen-bond donors (Lipinski definition) is 2. The van der Waals surface area contributed by atoms with Crippen LogP contribution in [0.5, 0.6) is 0 Å². The van der Waals surface area contributed by atoms with Crippen molar-refractivity contribution in [3.8, 4) is 0 Å². The third-order valence-corrected chi connectivity index (χ3v) is 4.66. The normalized spacial score (nSPS) is 19.9. The predicted molar refractivity (Wildman–Crippen MR) is 53.4 cm³/mol. The summed E-state index contributed by atoms with van der Waals surface area (Å²) in [5, 5.41) is 0. The molecule has 0 saturated carbocycles. The Labute approximate surface area is 91.5 Å². The number of rotatable bonds is 8. The molecule has 0 aliphatic rings. The minimum Gasteiger partial charge on any atom is -0.412 e. The highest BCUT2D eigenvalue weighted by Gasteiger charge is 2.31. The molecule has 94 valence electrons. The van der Waals surface area contributed by atoms with Crippen molar-refractivity contribution >= 4 is 23.9 Å². The van der Waals surface area contributed by atoms with Crippen molar-refractivity contribution in [3.63, 3.8) is 0 Å². The van der Waals surface area contributed by atoms with Gasteiger partial charge in [0.1, 0.15) is 0 Å². The molecule has 2 atom stereocenters. The lowest BCUT2D eigenvalue weighted by atomic mass is 11.2. The molecular weight excluding hydrogens is 285 g/mol. The van der Waals surface area contributed by atoms with E-state index in [-0.39, 0.29) is 0 Å². The van der Waals surface area contributed by atoms with Crippen molar-refractivity contribution in [1.82, 2.24) is 0 Å². The van der Waals surface area contributed by atoms with Crippen LogP contribution in [0.1, 0.15) is 0 Å². The summed E-state index contributed by atoms with van der Waals surface area (Å²) in [6.45, 7) is 5.90. The first-order chi connectivity index (χ1) is 7.22. The Kier molecular flexibility index (Phi) is 6.22. The molecule has 0 bridgehead atoms. The third-order valence-electron chi connectivity index (χ3n) is 0.795. The molecule has 2 N–H and O–H groups in total. The van der Waals surface area contributed by atoms with Crippen LogP contribution in [0.15, 0.2) is 25.7 Å². The second-order valence-electron chi connectivity index (χ2n) is 1.91. The van der Waals surface area contributed by atoms with Gasteiger partial charge in [-0.15, -0.1) is 0 Å². The minimum atomic E-state index is -4.68. The highest BCUT2D eigenvalue weighted by molar-refractivity contribution is 7.61. The number of hydrogen-bond acceptors (Lipinski definition) is 7. The Balaban J connectivity index is 4.39. The molecule has 0 aromatic heterocycles. The summed E-state index contributed by atoms with van der Waals surface area (Å²) in [5.74, 6) is 0. The van der Waals surface area contributed by atoms with E-state index in [9.17, 15) is 13.7 Å². The SMILES string of the molecule is C=COP(=O)(O)O[PH](=O)OP(=O)(O)OC=C. The lowest BCUT2D eigenvalue weighted by molar-refractivity contribution is 0.237. The summed E-state index contributed by atoms with van der Waals surface area (Å²) in [5.41, 5.74) is 0. The van der Waals surface area contributed by atoms with Crippen LogP contribution >= 0.6 is 23.9 Å². The van der Waals surface area contributed by atoms with E-state index >= 15 is 0 Å². The maximum atomic E-state index is 10.9. The second-order valence-corrected chi connectivity index (χ2v) is 6.17. The molecule has 0 saturated heterocycles. The summed E-state index contributed by atoms with van der Waals surface area (Å²) in [4.78, 5) is 17.5. The lowest BCUT2D eigenvalue weighted by Crippen LogP contribution is -1.87. The van der Waals surface area contributed by atoms with Crippen LogP contribution in [0.25, 0.3) is 0 Å². The molecule has 0 aromatic carbocycles. The molecule has 9 nitrogen and oxygen atoms in total. The molecule has 0 amide bonds. The van der Waals surface area contributed by atoms with Gasteiger partial charge in [0.2, 0.25) is 0 Å². The van der Waals surface area contributed by atoms with Gasteiger partial charge in [0.05, 0.1) is 12.5 Å². The van der Waals surface area contributed by atoms with Crippen LogP contribution in [0, 0.1) is 0 Å². The first-order valence-electron chi connectivity index (χ1n) is 3.40. The largest absolute Gasteiger partial charge is 0.534 e. The highest BCUT2D eigenvalue weighted by Crippen LogP contribution is 2.59. The minimum absolute atomic E-state index is 0.564. The zero-order valence-electron chi connectivity index (χ0n) is 7.72. The number of phosphoric ester groups is 2.